The summed E-state index contributed by atoms with van der Waals surface area (Å²) in [4.78, 5) is 24.9. The van der Waals surface area contributed by atoms with Crippen LogP contribution >= 0.6 is 23.4 Å². The molecule has 5 nitrogen and oxygen atoms in total. The highest BCUT2D eigenvalue weighted by atomic mass is 35.5. The lowest BCUT2D eigenvalue weighted by Crippen LogP contribution is -2.24. The van der Waals surface area contributed by atoms with E-state index < -0.39 is 5.25 Å². The van der Waals surface area contributed by atoms with Crippen LogP contribution in [0, 0.1) is 20.8 Å². The lowest BCUT2D eigenvalue weighted by Gasteiger charge is -2.14. The molecule has 0 radical (unpaired) electrons. The summed E-state index contributed by atoms with van der Waals surface area (Å²) in [5, 5.41) is 8.18. The molecule has 1 amide bonds. The average Bonchev–Trinajstić information content (AvgIpc) is 2.67. The molecule has 0 fully saturated rings. The minimum atomic E-state index is -0.400. The highest BCUT2D eigenvalue weighted by molar-refractivity contribution is 8.00. The molecule has 0 saturated carbocycles. The van der Waals surface area contributed by atoms with E-state index in [0.29, 0.717) is 15.7 Å². The molecule has 3 aromatic rings. The molecule has 0 bridgehead atoms. The summed E-state index contributed by atoms with van der Waals surface area (Å²) in [5.41, 5.74) is 4.33. The Morgan fingerprint density at radius 2 is 1.79 bits per heavy atom. The van der Waals surface area contributed by atoms with Gasteiger partial charge in [-0.2, -0.15) is 9.78 Å². The number of nitrogens with zero attached hydrogens (tertiary/aromatic N) is 2. The number of anilines is 1. The van der Waals surface area contributed by atoms with Crippen LogP contribution < -0.4 is 10.9 Å². The number of thioether (sulfide) groups is 1. The molecule has 0 aliphatic carbocycles. The number of amides is 1. The Morgan fingerprint density at radius 1 is 1.03 bits per heavy atom. The maximum Gasteiger partial charge on any atom is 0.271 e. The van der Waals surface area contributed by atoms with Crippen molar-refractivity contribution in [1.29, 1.82) is 0 Å². The highest BCUT2D eigenvalue weighted by Crippen LogP contribution is 2.24. The van der Waals surface area contributed by atoms with Gasteiger partial charge in [-0.3, -0.25) is 9.59 Å². The predicted molar refractivity (Wildman–Crippen MR) is 119 cm³/mol. The summed E-state index contributed by atoms with van der Waals surface area (Å²) in [6, 6.07) is 14.2. The molecule has 1 N–H and O–H groups in total. The van der Waals surface area contributed by atoms with Gasteiger partial charge in [-0.1, -0.05) is 29.4 Å². The third kappa shape index (κ3) is 5.08. The van der Waals surface area contributed by atoms with Crippen LogP contribution in [0.1, 0.15) is 23.6 Å². The van der Waals surface area contributed by atoms with E-state index in [1.165, 1.54) is 22.5 Å². The largest absolute Gasteiger partial charge is 0.325 e. The first kappa shape index (κ1) is 21.1. The van der Waals surface area contributed by atoms with E-state index in [4.69, 9.17) is 11.6 Å². The van der Waals surface area contributed by atoms with Crippen molar-refractivity contribution in [2.24, 2.45) is 0 Å². The molecule has 3 rings (SSSR count). The van der Waals surface area contributed by atoms with Crippen LogP contribution in [0.25, 0.3) is 5.69 Å². The number of aromatic nitrogens is 2. The lowest BCUT2D eigenvalue weighted by atomic mass is 10.1. The Hall–Kier alpha value is -2.57. The van der Waals surface area contributed by atoms with Gasteiger partial charge in [0.05, 0.1) is 10.9 Å². The molecular formula is C22H22ClN3O2S. The molecule has 0 saturated heterocycles. The first-order valence-electron chi connectivity index (χ1n) is 9.16. The van der Waals surface area contributed by atoms with Crippen LogP contribution in [0.3, 0.4) is 0 Å². The van der Waals surface area contributed by atoms with Crippen molar-refractivity contribution in [1.82, 2.24) is 9.78 Å². The van der Waals surface area contributed by atoms with Crippen LogP contribution in [0.4, 0.5) is 5.69 Å². The number of carbonyl (C=O) groups excluding carboxylic acids is 1. The third-order valence-corrected chi connectivity index (χ3v) is 5.89. The molecule has 0 aliphatic heterocycles. The molecule has 29 heavy (non-hydrogen) atoms. The molecule has 1 heterocycles. The maximum absolute atomic E-state index is 12.6. The normalized spacial score (nSPS) is 11.9. The third-order valence-electron chi connectivity index (χ3n) is 4.62. The van der Waals surface area contributed by atoms with Crippen molar-refractivity contribution in [3.63, 3.8) is 0 Å². The summed E-state index contributed by atoms with van der Waals surface area (Å²) in [5.74, 6) is -0.147. The monoisotopic (exact) mass is 427 g/mol. The highest BCUT2D eigenvalue weighted by Gasteiger charge is 2.17. The maximum atomic E-state index is 12.6. The minimum Gasteiger partial charge on any atom is -0.325 e. The standard InChI is InChI=1S/C22H22ClN3O2S/c1-13-5-7-18(12-14(13)2)26-21(27)10-9-20(25-26)29-16(4)22(28)24-19-8-6-17(23)11-15(19)3/h5-12,16H,1-4H3,(H,24,28)/t16-/m1/s1. The van der Waals surface area contributed by atoms with Gasteiger partial charge in [0.1, 0.15) is 5.03 Å². The summed E-state index contributed by atoms with van der Waals surface area (Å²) in [6.07, 6.45) is 0. The Labute approximate surface area is 179 Å². The van der Waals surface area contributed by atoms with Crippen molar-refractivity contribution < 1.29 is 4.79 Å². The van der Waals surface area contributed by atoms with E-state index in [1.54, 1.807) is 31.2 Å². The van der Waals surface area contributed by atoms with Crippen molar-refractivity contribution in [3.8, 4) is 5.69 Å². The van der Waals surface area contributed by atoms with Crippen LogP contribution in [0.5, 0.6) is 0 Å². The lowest BCUT2D eigenvalue weighted by molar-refractivity contribution is -0.115. The molecule has 0 unspecified atom stereocenters. The number of carbonyl (C=O) groups is 1. The molecule has 1 aromatic heterocycles. The van der Waals surface area contributed by atoms with Crippen LogP contribution in [0.15, 0.2) is 58.4 Å². The number of halogens is 1. The Kier molecular flexibility index (Phi) is 6.45. The van der Waals surface area contributed by atoms with Gasteiger partial charge in [0.2, 0.25) is 5.91 Å². The predicted octanol–water partition coefficient (Wildman–Crippen LogP) is 4.93. The van der Waals surface area contributed by atoms with Crippen molar-refractivity contribution in [2.45, 2.75) is 38.0 Å². The molecule has 1 atom stereocenters. The average molecular weight is 428 g/mol. The fraction of sp³-hybridized carbons (Fsp3) is 0.227. The molecule has 0 aliphatic rings. The van der Waals surface area contributed by atoms with E-state index in [1.807, 2.05) is 39.0 Å². The number of nitrogens with one attached hydrogen (secondary N) is 1. The topological polar surface area (TPSA) is 64.0 Å². The molecular weight excluding hydrogens is 406 g/mol. The van der Waals surface area contributed by atoms with E-state index in [0.717, 1.165) is 22.4 Å². The van der Waals surface area contributed by atoms with E-state index in [-0.39, 0.29) is 11.5 Å². The van der Waals surface area contributed by atoms with Gasteiger partial charge in [-0.05, 0) is 80.8 Å². The van der Waals surface area contributed by atoms with Gasteiger partial charge in [0, 0.05) is 16.8 Å². The second-order valence-corrected chi connectivity index (χ2v) is 8.70. The molecule has 7 heteroatoms. The second-order valence-electron chi connectivity index (χ2n) is 6.90. The summed E-state index contributed by atoms with van der Waals surface area (Å²) in [7, 11) is 0. The van der Waals surface area contributed by atoms with Gasteiger partial charge in [-0.25, -0.2) is 0 Å². The van der Waals surface area contributed by atoms with E-state index in [2.05, 4.69) is 10.4 Å². The SMILES string of the molecule is Cc1ccc(-n2nc(S[C@H](C)C(=O)Nc3ccc(Cl)cc3C)ccc2=O)cc1C. The fourth-order valence-electron chi connectivity index (χ4n) is 2.74. The van der Waals surface area contributed by atoms with Gasteiger partial charge in [-0.15, -0.1) is 0 Å². The van der Waals surface area contributed by atoms with E-state index >= 15 is 0 Å². The Bertz CT molecular complexity index is 1130. The van der Waals surface area contributed by atoms with Gasteiger partial charge in [0.25, 0.3) is 5.56 Å². The first-order valence-corrected chi connectivity index (χ1v) is 10.4. The summed E-state index contributed by atoms with van der Waals surface area (Å²) in [6.45, 7) is 7.70. The van der Waals surface area contributed by atoms with Gasteiger partial charge in [0.15, 0.2) is 0 Å². The fourth-order valence-corrected chi connectivity index (χ4v) is 3.77. The number of rotatable bonds is 5. The quantitative estimate of drug-likeness (QED) is 0.586. The molecule has 150 valence electrons. The van der Waals surface area contributed by atoms with Crippen LogP contribution in [-0.4, -0.2) is 20.9 Å². The van der Waals surface area contributed by atoms with Gasteiger partial charge >= 0.3 is 0 Å². The van der Waals surface area contributed by atoms with E-state index in [9.17, 15) is 9.59 Å². The second kappa shape index (κ2) is 8.84. The van der Waals surface area contributed by atoms with Crippen molar-refractivity contribution >= 4 is 35.0 Å². The van der Waals surface area contributed by atoms with Crippen molar-refractivity contribution in [2.75, 3.05) is 5.32 Å². The molecule has 2 aromatic carbocycles. The number of hydrogen-bond acceptors (Lipinski definition) is 4. The van der Waals surface area contributed by atoms with Crippen LogP contribution in [-0.2, 0) is 4.79 Å². The number of benzene rings is 2. The zero-order valence-corrected chi connectivity index (χ0v) is 18.3. The summed E-state index contributed by atoms with van der Waals surface area (Å²) >= 11 is 7.26. The first-order chi connectivity index (χ1) is 13.7. The Morgan fingerprint density at radius 3 is 2.48 bits per heavy atom. The zero-order chi connectivity index (χ0) is 21.1. The van der Waals surface area contributed by atoms with Crippen LogP contribution in [0.2, 0.25) is 5.02 Å². The zero-order valence-electron chi connectivity index (χ0n) is 16.7. The summed E-state index contributed by atoms with van der Waals surface area (Å²) < 4.78 is 1.36. The van der Waals surface area contributed by atoms with Gasteiger partial charge < -0.3 is 5.32 Å². The Balaban J connectivity index is 1.78. The number of hydrogen-bond donors (Lipinski definition) is 1. The van der Waals surface area contributed by atoms with Crippen molar-refractivity contribution in [3.05, 3.63) is 80.6 Å². The molecule has 0 spiro atoms. The minimum absolute atomic E-state index is 0.147. The smallest absolute Gasteiger partial charge is 0.271 e. The number of aryl methyl sites for hydroxylation is 3.